The smallest absolute Gasteiger partial charge is 0.428 e. The largest absolute Gasteiger partial charge is 0.446 e. The number of hydrogen-bond donors (Lipinski definition) is 1. The van der Waals surface area contributed by atoms with Crippen LogP contribution in [0, 0.1) is 0 Å². The van der Waals surface area contributed by atoms with Crippen LogP contribution in [0.1, 0.15) is 64.7 Å². The number of ether oxygens (including phenoxy) is 3. The van der Waals surface area contributed by atoms with Gasteiger partial charge in [0.05, 0.1) is 26.2 Å². The summed E-state index contributed by atoms with van der Waals surface area (Å²) in [5.74, 6) is -1.12. The Bertz CT molecular complexity index is 410. The molecule has 7 heteroatoms. The van der Waals surface area contributed by atoms with Crippen LogP contribution in [0.25, 0.3) is 0 Å². The van der Waals surface area contributed by atoms with Crippen molar-refractivity contribution < 1.29 is 23.8 Å². The van der Waals surface area contributed by atoms with Gasteiger partial charge in [0.15, 0.2) is 5.79 Å². The van der Waals surface area contributed by atoms with Crippen LogP contribution in [0.5, 0.6) is 0 Å². The number of carbonyl (C=O) groups excluding carboxylic acids is 2. The number of hydrogen-bond acceptors (Lipinski definition) is 5. The molecule has 0 aromatic carbocycles. The number of carbonyl (C=O) groups is 2. The van der Waals surface area contributed by atoms with Crippen LogP contribution in [0.2, 0.25) is 0 Å². The highest BCUT2D eigenvalue weighted by atomic mass is 16.7. The van der Waals surface area contributed by atoms with Gasteiger partial charge in [0, 0.05) is 6.42 Å². The van der Waals surface area contributed by atoms with Gasteiger partial charge in [-0.05, 0) is 6.42 Å². The van der Waals surface area contributed by atoms with Crippen molar-refractivity contribution in [3.8, 4) is 0 Å². The minimum atomic E-state index is -0.836. The zero-order chi connectivity index (χ0) is 17.3. The molecule has 0 aromatic heterocycles. The number of rotatable bonds is 11. The maximum Gasteiger partial charge on any atom is 0.428 e. The van der Waals surface area contributed by atoms with Gasteiger partial charge < -0.3 is 14.2 Å². The van der Waals surface area contributed by atoms with Crippen molar-refractivity contribution in [3.05, 3.63) is 0 Å². The molecule has 0 atom stereocenters. The zero-order valence-corrected chi connectivity index (χ0v) is 14.7. The second-order valence-corrected chi connectivity index (χ2v) is 6.46. The molecule has 2 amide bonds. The standard InChI is InChI=1S/C17H30N2O5/c1-2-3-4-5-6-7-8-9-17(23-12-13-24-17)14-15(20)18-19-10-11-22-16(19)21/h2-14H2,1H3,(H,18,20). The van der Waals surface area contributed by atoms with E-state index in [4.69, 9.17) is 14.2 Å². The van der Waals surface area contributed by atoms with Crippen molar-refractivity contribution in [2.24, 2.45) is 0 Å². The van der Waals surface area contributed by atoms with Gasteiger partial charge >= 0.3 is 6.09 Å². The van der Waals surface area contributed by atoms with Crippen LogP contribution in [-0.4, -0.2) is 49.2 Å². The van der Waals surface area contributed by atoms with Gasteiger partial charge in [-0.1, -0.05) is 45.4 Å². The second-order valence-electron chi connectivity index (χ2n) is 6.46. The zero-order valence-electron chi connectivity index (χ0n) is 14.7. The number of amides is 2. The fraction of sp³-hybridized carbons (Fsp3) is 0.882. The summed E-state index contributed by atoms with van der Waals surface area (Å²) in [6, 6.07) is 0. The highest BCUT2D eigenvalue weighted by Gasteiger charge is 2.39. The Morgan fingerprint density at radius 2 is 1.75 bits per heavy atom. The summed E-state index contributed by atoms with van der Waals surface area (Å²) in [5.41, 5.74) is 2.56. The van der Waals surface area contributed by atoms with Crippen molar-refractivity contribution in [2.45, 2.75) is 70.5 Å². The molecule has 7 nitrogen and oxygen atoms in total. The van der Waals surface area contributed by atoms with Crippen molar-refractivity contribution >= 4 is 12.0 Å². The molecular formula is C17H30N2O5. The molecule has 2 heterocycles. The molecule has 138 valence electrons. The van der Waals surface area contributed by atoms with Crippen LogP contribution in [0.15, 0.2) is 0 Å². The average molecular weight is 342 g/mol. The molecule has 2 rings (SSSR count). The number of unbranched alkanes of at least 4 members (excludes halogenated alkanes) is 6. The van der Waals surface area contributed by atoms with Crippen LogP contribution >= 0.6 is 0 Å². The Balaban J connectivity index is 1.69. The van der Waals surface area contributed by atoms with Crippen molar-refractivity contribution in [2.75, 3.05) is 26.4 Å². The van der Waals surface area contributed by atoms with Gasteiger partial charge in [-0.25, -0.2) is 9.80 Å². The van der Waals surface area contributed by atoms with Crippen molar-refractivity contribution in [1.82, 2.24) is 10.4 Å². The van der Waals surface area contributed by atoms with Crippen LogP contribution < -0.4 is 5.43 Å². The number of nitrogens with one attached hydrogen (secondary N) is 1. The molecular weight excluding hydrogens is 312 g/mol. The first-order valence-corrected chi connectivity index (χ1v) is 9.17. The molecule has 24 heavy (non-hydrogen) atoms. The fourth-order valence-electron chi connectivity index (χ4n) is 3.11. The second kappa shape index (κ2) is 9.84. The first-order valence-electron chi connectivity index (χ1n) is 9.17. The van der Waals surface area contributed by atoms with E-state index in [1.807, 2.05) is 0 Å². The summed E-state index contributed by atoms with van der Waals surface area (Å²) in [4.78, 5) is 23.6. The molecule has 2 aliphatic rings. The van der Waals surface area contributed by atoms with E-state index in [1.54, 1.807) is 0 Å². The Hall–Kier alpha value is -1.34. The molecule has 1 N–H and O–H groups in total. The van der Waals surface area contributed by atoms with Gasteiger partial charge in [-0.3, -0.25) is 10.2 Å². The van der Waals surface area contributed by atoms with Gasteiger partial charge in [0.1, 0.15) is 6.61 Å². The molecule has 0 radical (unpaired) electrons. The number of cyclic esters (lactones) is 1. The third kappa shape index (κ3) is 5.94. The molecule has 0 aromatic rings. The minimum Gasteiger partial charge on any atom is -0.446 e. The predicted molar refractivity (Wildman–Crippen MR) is 88.1 cm³/mol. The lowest BCUT2D eigenvalue weighted by Crippen LogP contribution is -2.46. The third-order valence-corrected chi connectivity index (χ3v) is 4.43. The molecule has 2 saturated heterocycles. The predicted octanol–water partition coefficient (Wildman–Crippen LogP) is 2.74. The summed E-state index contributed by atoms with van der Waals surface area (Å²) in [6.07, 6.45) is 8.72. The minimum absolute atomic E-state index is 0.104. The van der Waals surface area contributed by atoms with E-state index in [1.165, 1.54) is 37.1 Å². The van der Waals surface area contributed by atoms with E-state index < -0.39 is 11.9 Å². The third-order valence-electron chi connectivity index (χ3n) is 4.43. The summed E-state index contributed by atoms with van der Waals surface area (Å²) in [6.45, 7) is 3.91. The van der Waals surface area contributed by atoms with E-state index in [2.05, 4.69) is 12.3 Å². The Morgan fingerprint density at radius 3 is 2.38 bits per heavy atom. The van der Waals surface area contributed by atoms with Crippen LogP contribution in [-0.2, 0) is 19.0 Å². The van der Waals surface area contributed by atoms with E-state index in [-0.39, 0.29) is 12.3 Å². The first-order chi connectivity index (χ1) is 11.7. The number of hydrazine groups is 1. The summed E-state index contributed by atoms with van der Waals surface area (Å²) in [7, 11) is 0. The Kier molecular flexibility index (Phi) is 7.78. The lowest BCUT2D eigenvalue weighted by atomic mass is 10.0. The lowest BCUT2D eigenvalue weighted by molar-refractivity contribution is -0.175. The van der Waals surface area contributed by atoms with Gasteiger partial charge in [0.2, 0.25) is 5.91 Å². The summed E-state index contributed by atoms with van der Waals surface area (Å²) < 4.78 is 16.3. The van der Waals surface area contributed by atoms with E-state index in [9.17, 15) is 9.59 Å². The van der Waals surface area contributed by atoms with E-state index >= 15 is 0 Å². The van der Waals surface area contributed by atoms with Crippen LogP contribution in [0.3, 0.4) is 0 Å². The summed E-state index contributed by atoms with van der Waals surface area (Å²) >= 11 is 0. The fourth-order valence-corrected chi connectivity index (χ4v) is 3.11. The molecule has 0 aliphatic carbocycles. The molecule has 0 bridgehead atoms. The van der Waals surface area contributed by atoms with Gasteiger partial charge in [-0.15, -0.1) is 0 Å². The first kappa shape index (κ1) is 19.0. The van der Waals surface area contributed by atoms with Crippen molar-refractivity contribution in [1.29, 1.82) is 0 Å². The normalized spacial score (nSPS) is 19.5. The molecule has 0 spiro atoms. The molecule has 0 unspecified atom stereocenters. The molecule has 2 fully saturated rings. The van der Waals surface area contributed by atoms with Gasteiger partial charge in [0.25, 0.3) is 0 Å². The van der Waals surface area contributed by atoms with Crippen molar-refractivity contribution in [3.63, 3.8) is 0 Å². The van der Waals surface area contributed by atoms with Crippen LogP contribution in [0.4, 0.5) is 4.79 Å². The quantitative estimate of drug-likeness (QED) is 0.584. The van der Waals surface area contributed by atoms with E-state index in [0.717, 1.165) is 12.8 Å². The maximum absolute atomic E-state index is 12.2. The SMILES string of the molecule is CCCCCCCCCC1(CC(=O)NN2CCOC2=O)OCCO1. The molecule has 0 saturated carbocycles. The Labute approximate surface area is 144 Å². The monoisotopic (exact) mass is 342 g/mol. The van der Waals surface area contributed by atoms with Gasteiger partial charge in [-0.2, -0.15) is 0 Å². The highest BCUT2D eigenvalue weighted by Crippen LogP contribution is 2.30. The maximum atomic E-state index is 12.2. The summed E-state index contributed by atoms with van der Waals surface area (Å²) in [5, 5.41) is 1.19. The van der Waals surface area contributed by atoms with E-state index in [0.29, 0.717) is 32.8 Å². The topological polar surface area (TPSA) is 77.1 Å². The molecule has 2 aliphatic heterocycles. The average Bonchev–Trinajstić information content (AvgIpc) is 3.17. The Morgan fingerprint density at radius 1 is 1.08 bits per heavy atom. The number of nitrogens with zero attached hydrogens (tertiary/aromatic N) is 1. The lowest BCUT2D eigenvalue weighted by Gasteiger charge is -2.27. The highest BCUT2D eigenvalue weighted by molar-refractivity contribution is 5.80.